The van der Waals surface area contributed by atoms with Gasteiger partial charge in [0.2, 0.25) is 12.1 Å². The number of benzene rings is 1. The summed E-state index contributed by atoms with van der Waals surface area (Å²) >= 11 is 0. The van der Waals surface area contributed by atoms with Crippen LogP contribution in [-0.2, 0) is 0 Å². The average molecular weight is 310 g/mol. The topological polar surface area (TPSA) is 51.2 Å². The van der Waals surface area contributed by atoms with Crippen LogP contribution in [0.1, 0.15) is 19.5 Å². The van der Waals surface area contributed by atoms with Crippen molar-refractivity contribution in [2.45, 2.75) is 26.9 Å². The van der Waals surface area contributed by atoms with Crippen molar-refractivity contribution in [2.24, 2.45) is 0 Å². The van der Waals surface area contributed by atoms with E-state index in [2.05, 4.69) is 5.10 Å². The van der Waals surface area contributed by atoms with E-state index in [1.54, 1.807) is 12.3 Å². The Hall–Kier alpha value is -2.82. The smallest absolute Gasteiger partial charge is 0.271 e. The van der Waals surface area contributed by atoms with Gasteiger partial charge in [-0.2, -0.15) is 0 Å². The third-order valence-electron chi connectivity index (χ3n) is 3.53. The maximum absolute atomic E-state index is 10.2. The van der Waals surface area contributed by atoms with Gasteiger partial charge in [-0.15, -0.1) is 5.10 Å². The van der Waals surface area contributed by atoms with Crippen molar-refractivity contribution in [3.8, 4) is 22.8 Å². The fourth-order valence-electron chi connectivity index (χ4n) is 2.53. The molecule has 0 aliphatic rings. The van der Waals surface area contributed by atoms with Crippen molar-refractivity contribution in [3.05, 3.63) is 60.4 Å². The molecule has 3 aromatic rings. The maximum atomic E-state index is 10.2. The zero-order valence-electron chi connectivity index (χ0n) is 13.5. The lowest BCUT2D eigenvalue weighted by Crippen LogP contribution is -2.32. The standard InChI is InChI=1S/C18H20N3O2/c1-13(2)23-18-17(16-11-7-8-12-20(16)22)14(3)21(19-18)15-9-5-4-6-10-15/h4-13,22H,1-3H3/q+1. The Morgan fingerprint density at radius 2 is 1.78 bits per heavy atom. The number of pyridine rings is 1. The van der Waals surface area contributed by atoms with Crippen LogP contribution < -0.4 is 9.47 Å². The van der Waals surface area contributed by atoms with E-state index in [0.29, 0.717) is 11.6 Å². The minimum absolute atomic E-state index is 0.0110. The summed E-state index contributed by atoms with van der Waals surface area (Å²) in [5.74, 6) is 0.510. The monoisotopic (exact) mass is 310 g/mol. The Labute approximate surface area is 135 Å². The second-order valence-corrected chi connectivity index (χ2v) is 5.61. The lowest BCUT2D eigenvalue weighted by molar-refractivity contribution is -0.896. The molecule has 0 saturated heterocycles. The quantitative estimate of drug-likeness (QED) is 0.595. The Morgan fingerprint density at radius 1 is 1.09 bits per heavy atom. The normalized spacial score (nSPS) is 11.0. The lowest BCUT2D eigenvalue weighted by atomic mass is 10.1. The van der Waals surface area contributed by atoms with E-state index in [0.717, 1.165) is 21.7 Å². The summed E-state index contributed by atoms with van der Waals surface area (Å²) in [6.07, 6.45) is 1.58. The molecule has 118 valence electrons. The molecule has 0 atom stereocenters. The van der Waals surface area contributed by atoms with Gasteiger partial charge in [0.25, 0.3) is 5.69 Å². The van der Waals surface area contributed by atoms with Gasteiger partial charge in [-0.3, -0.25) is 5.21 Å². The van der Waals surface area contributed by atoms with Crippen molar-refractivity contribution >= 4 is 0 Å². The van der Waals surface area contributed by atoms with Crippen LogP contribution in [0.25, 0.3) is 16.9 Å². The van der Waals surface area contributed by atoms with Crippen LogP contribution in [0.2, 0.25) is 0 Å². The van der Waals surface area contributed by atoms with Gasteiger partial charge < -0.3 is 4.74 Å². The molecule has 5 nitrogen and oxygen atoms in total. The Bertz CT molecular complexity index is 810. The first-order chi connectivity index (χ1) is 11.1. The molecule has 3 rings (SSSR count). The summed E-state index contributed by atoms with van der Waals surface area (Å²) in [7, 11) is 0. The van der Waals surface area contributed by atoms with Crippen molar-refractivity contribution < 1.29 is 14.7 Å². The lowest BCUT2D eigenvalue weighted by Gasteiger charge is -2.07. The molecule has 5 heteroatoms. The van der Waals surface area contributed by atoms with Crippen molar-refractivity contribution in [1.82, 2.24) is 9.78 Å². The van der Waals surface area contributed by atoms with Crippen LogP contribution in [0.4, 0.5) is 0 Å². The van der Waals surface area contributed by atoms with Gasteiger partial charge in [-0.1, -0.05) is 18.2 Å². The second kappa shape index (κ2) is 6.12. The predicted molar refractivity (Wildman–Crippen MR) is 86.9 cm³/mol. The third-order valence-corrected chi connectivity index (χ3v) is 3.53. The number of hydrogen-bond donors (Lipinski definition) is 1. The van der Waals surface area contributed by atoms with Crippen molar-refractivity contribution in [2.75, 3.05) is 0 Å². The fraction of sp³-hybridized carbons (Fsp3) is 0.222. The van der Waals surface area contributed by atoms with E-state index in [1.807, 2.05) is 67.9 Å². The number of rotatable bonds is 4. The highest BCUT2D eigenvalue weighted by molar-refractivity contribution is 5.66. The van der Waals surface area contributed by atoms with E-state index < -0.39 is 0 Å². The molecular formula is C18H20N3O2+. The number of para-hydroxylation sites is 1. The van der Waals surface area contributed by atoms with Crippen LogP contribution in [0.15, 0.2) is 54.7 Å². The molecule has 0 aliphatic carbocycles. The molecule has 0 spiro atoms. The summed E-state index contributed by atoms with van der Waals surface area (Å²) in [6, 6.07) is 15.4. The first-order valence-corrected chi connectivity index (χ1v) is 7.60. The number of ether oxygens (including phenoxy) is 1. The average Bonchev–Trinajstić information content (AvgIpc) is 2.84. The van der Waals surface area contributed by atoms with Crippen LogP contribution in [0, 0.1) is 6.92 Å². The fourth-order valence-corrected chi connectivity index (χ4v) is 2.53. The van der Waals surface area contributed by atoms with Crippen molar-refractivity contribution in [1.29, 1.82) is 0 Å². The molecule has 0 bridgehead atoms. The Morgan fingerprint density at radius 3 is 2.43 bits per heavy atom. The molecule has 1 N–H and O–H groups in total. The SMILES string of the molecule is Cc1c(-c2cccc[n+]2O)c(OC(C)C)nn1-c1ccccc1. The molecule has 23 heavy (non-hydrogen) atoms. The molecule has 2 aromatic heterocycles. The molecule has 0 aliphatic heterocycles. The highest BCUT2D eigenvalue weighted by Crippen LogP contribution is 2.32. The van der Waals surface area contributed by atoms with Gasteiger partial charge in [0, 0.05) is 16.9 Å². The van der Waals surface area contributed by atoms with Gasteiger partial charge >= 0.3 is 0 Å². The van der Waals surface area contributed by atoms with Crippen LogP contribution in [0.3, 0.4) is 0 Å². The summed E-state index contributed by atoms with van der Waals surface area (Å²) < 4.78 is 8.80. The van der Waals surface area contributed by atoms with Crippen LogP contribution in [0.5, 0.6) is 5.88 Å². The summed E-state index contributed by atoms with van der Waals surface area (Å²) in [5, 5.41) is 14.8. The van der Waals surface area contributed by atoms with Gasteiger partial charge in [0.05, 0.1) is 17.5 Å². The molecule has 2 heterocycles. The second-order valence-electron chi connectivity index (χ2n) is 5.61. The van der Waals surface area contributed by atoms with Gasteiger partial charge in [0.1, 0.15) is 5.56 Å². The Balaban J connectivity index is 2.21. The molecule has 1 aromatic carbocycles. The minimum atomic E-state index is -0.0110. The molecular weight excluding hydrogens is 290 g/mol. The van der Waals surface area contributed by atoms with Gasteiger partial charge in [0.15, 0.2) is 0 Å². The number of aromatic nitrogens is 3. The molecule has 0 fully saturated rings. The summed E-state index contributed by atoms with van der Waals surface area (Å²) in [4.78, 5) is 0. The number of hydrogen-bond acceptors (Lipinski definition) is 3. The summed E-state index contributed by atoms with van der Waals surface area (Å²) in [5.41, 5.74) is 3.28. The van der Waals surface area contributed by atoms with E-state index >= 15 is 0 Å². The first-order valence-electron chi connectivity index (χ1n) is 7.60. The van der Waals surface area contributed by atoms with Gasteiger partial charge in [-0.05, 0) is 39.0 Å². The van der Waals surface area contributed by atoms with E-state index in [-0.39, 0.29) is 6.10 Å². The molecule has 0 unspecified atom stereocenters. The van der Waals surface area contributed by atoms with E-state index in [4.69, 9.17) is 4.74 Å². The largest absolute Gasteiger partial charge is 0.473 e. The maximum Gasteiger partial charge on any atom is 0.271 e. The molecule has 0 saturated carbocycles. The summed E-state index contributed by atoms with van der Waals surface area (Å²) in [6.45, 7) is 5.88. The molecule has 0 amide bonds. The Kier molecular flexibility index (Phi) is 4.02. The van der Waals surface area contributed by atoms with Gasteiger partial charge in [-0.25, -0.2) is 4.68 Å². The minimum Gasteiger partial charge on any atom is -0.473 e. The van der Waals surface area contributed by atoms with Crippen molar-refractivity contribution in [3.63, 3.8) is 0 Å². The molecule has 0 radical (unpaired) electrons. The zero-order chi connectivity index (χ0) is 16.4. The first kappa shape index (κ1) is 15.1. The third kappa shape index (κ3) is 2.90. The highest BCUT2D eigenvalue weighted by Gasteiger charge is 2.26. The highest BCUT2D eigenvalue weighted by atomic mass is 16.5. The van der Waals surface area contributed by atoms with E-state index in [9.17, 15) is 5.21 Å². The van der Waals surface area contributed by atoms with Crippen LogP contribution in [-0.4, -0.2) is 21.1 Å². The van der Waals surface area contributed by atoms with Crippen LogP contribution >= 0.6 is 0 Å². The predicted octanol–water partition coefficient (Wildman–Crippen LogP) is 3.16. The zero-order valence-corrected chi connectivity index (χ0v) is 13.5. The van der Waals surface area contributed by atoms with E-state index in [1.165, 1.54) is 0 Å². The number of nitrogens with zero attached hydrogens (tertiary/aromatic N) is 3.